The lowest BCUT2D eigenvalue weighted by Crippen LogP contribution is -2.08. The van der Waals surface area contributed by atoms with Crippen LogP contribution in [0.4, 0.5) is 0 Å². The van der Waals surface area contributed by atoms with Crippen LogP contribution in [0, 0.1) is 0 Å². The summed E-state index contributed by atoms with van der Waals surface area (Å²) < 4.78 is 0. The molecule has 0 fully saturated rings. The average molecular weight is 235 g/mol. The molecule has 0 aliphatic heterocycles. The van der Waals surface area contributed by atoms with Crippen LogP contribution in [0.2, 0.25) is 0 Å². The Labute approximate surface area is 84.1 Å². The maximum absolute atomic E-state index is 10.8. The number of rotatable bonds is 7. The highest BCUT2D eigenvalue weighted by molar-refractivity contribution is 9.10. The molecule has 72 valence electrons. The molecule has 12 heavy (non-hydrogen) atoms. The molecule has 1 nitrogen and oxygen atoms in total. The molecule has 0 N–H and O–H groups in total. The van der Waals surface area contributed by atoms with Crippen molar-refractivity contribution in [1.82, 2.24) is 0 Å². The van der Waals surface area contributed by atoms with Crippen molar-refractivity contribution in [3.8, 4) is 0 Å². The Kier molecular flexibility index (Phi) is 7.88. The second-order valence-corrected chi connectivity index (χ2v) is 4.39. The molecule has 1 unspecified atom stereocenters. The van der Waals surface area contributed by atoms with Crippen molar-refractivity contribution in [2.45, 2.75) is 57.2 Å². The third kappa shape index (κ3) is 6.84. The van der Waals surface area contributed by atoms with Crippen LogP contribution >= 0.6 is 15.9 Å². The van der Waals surface area contributed by atoms with Crippen LogP contribution < -0.4 is 0 Å². The number of unbranched alkanes of at least 4 members (excludes halogenated alkanes) is 4. The van der Waals surface area contributed by atoms with Gasteiger partial charge in [0.05, 0.1) is 4.83 Å². The smallest absolute Gasteiger partial charge is 0.143 e. The predicted molar refractivity (Wildman–Crippen MR) is 56.8 cm³/mol. The largest absolute Gasteiger partial charge is 0.299 e. The van der Waals surface area contributed by atoms with Gasteiger partial charge in [-0.3, -0.25) is 4.79 Å². The molecule has 0 bridgehead atoms. The third-order valence-corrected chi connectivity index (χ3v) is 3.10. The lowest BCUT2D eigenvalue weighted by atomic mass is 10.1. The molecule has 0 amide bonds. The quantitative estimate of drug-likeness (QED) is 0.485. The van der Waals surface area contributed by atoms with Crippen molar-refractivity contribution in [3.63, 3.8) is 0 Å². The molecule has 2 heteroatoms. The molecule has 0 saturated heterocycles. The maximum Gasteiger partial charge on any atom is 0.143 e. The molecular weight excluding hydrogens is 216 g/mol. The van der Waals surface area contributed by atoms with E-state index in [0.29, 0.717) is 0 Å². The highest BCUT2D eigenvalue weighted by Crippen LogP contribution is 2.13. The molecule has 0 heterocycles. The summed E-state index contributed by atoms with van der Waals surface area (Å²) in [7, 11) is 0. The van der Waals surface area contributed by atoms with E-state index < -0.39 is 0 Å². The third-order valence-electron chi connectivity index (χ3n) is 2.00. The number of hydrogen-bond donors (Lipinski definition) is 0. The highest BCUT2D eigenvalue weighted by atomic mass is 79.9. The van der Waals surface area contributed by atoms with Gasteiger partial charge in [0.1, 0.15) is 5.78 Å². The summed E-state index contributed by atoms with van der Waals surface area (Å²) in [6.07, 6.45) is 7.36. The molecule has 1 atom stereocenters. The Balaban J connectivity index is 3.14. The van der Waals surface area contributed by atoms with Gasteiger partial charge < -0.3 is 0 Å². The van der Waals surface area contributed by atoms with Crippen molar-refractivity contribution < 1.29 is 4.79 Å². The van der Waals surface area contributed by atoms with E-state index in [-0.39, 0.29) is 10.6 Å². The van der Waals surface area contributed by atoms with Gasteiger partial charge in [0, 0.05) is 0 Å². The zero-order valence-corrected chi connectivity index (χ0v) is 9.69. The van der Waals surface area contributed by atoms with E-state index in [1.807, 2.05) is 0 Å². The summed E-state index contributed by atoms with van der Waals surface area (Å²) in [5.41, 5.74) is 0. The van der Waals surface area contributed by atoms with Crippen LogP contribution in [0.25, 0.3) is 0 Å². The van der Waals surface area contributed by atoms with Crippen LogP contribution in [-0.2, 0) is 4.79 Å². The van der Waals surface area contributed by atoms with E-state index >= 15 is 0 Å². The van der Waals surface area contributed by atoms with Gasteiger partial charge in [0.25, 0.3) is 0 Å². The highest BCUT2D eigenvalue weighted by Gasteiger charge is 2.07. The van der Waals surface area contributed by atoms with E-state index in [9.17, 15) is 4.79 Å². The van der Waals surface area contributed by atoms with E-state index in [1.165, 1.54) is 32.1 Å². The first kappa shape index (κ1) is 12.2. The van der Waals surface area contributed by atoms with Gasteiger partial charge in [0.15, 0.2) is 0 Å². The maximum atomic E-state index is 10.8. The minimum Gasteiger partial charge on any atom is -0.299 e. The van der Waals surface area contributed by atoms with Crippen molar-refractivity contribution in [3.05, 3.63) is 0 Å². The van der Waals surface area contributed by atoms with E-state index in [2.05, 4.69) is 22.9 Å². The van der Waals surface area contributed by atoms with E-state index in [0.717, 1.165) is 6.42 Å². The molecular formula is C10H19BrO. The molecule has 0 aliphatic rings. The summed E-state index contributed by atoms with van der Waals surface area (Å²) in [5.74, 6) is 0.255. The monoisotopic (exact) mass is 234 g/mol. The van der Waals surface area contributed by atoms with Gasteiger partial charge in [-0.1, -0.05) is 55.0 Å². The first-order chi connectivity index (χ1) is 5.68. The van der Waals surface area contributed by atoms with Crippen LogP contribution in [0.3, 0.4) is 0 Å². The molecule has 0 aromatic heterocycles. The Hall–Kier alpha value is 0.150. The number of hydrogen-bond acceptors (Lipinski definition) is 1. The number of carbonyl (C=O) groups excluding carboxylic acids is 1. The Morgan fingerprint density at radius 1 is 1.25 bits per heavy atom. The van der Waals surface area contributed by atoms with Gasteiger partial charge in [-0.25, -0.2) is 0 Å². The van der Waals surface area contributed by atoms with Crippen LogP contribution in [-0.4, -0.2) is 10.6 Å². The fourth-order valence-corrected chi connectivity index (χ4v) is 1.45. The first-order valence-corrected chi connectivity index (χ1v) is 5.74. The lowest BCUT2D eigenvalue weighted by Gasteiger charge is -2.04. The summed E-state index contributed by atoms with van der Waals surface area (Å²) >= 11 is 3.36. The topological polar surface area (TPSA) is 17.1 Å². The van der Waals surface area contributed by atoms with Crippen molar-refractivity contribution >= 4 is 21.7 Å². The van der Waals surface area contributed by atoms with Gasteiger partial charge in [-0.2, -0.15) is 0 Å². The summed E-state index contributed by atoms with van der Waals surface area (Å²) in [6.45, 7) is 3.86. The SMILES string of the molecule is CCCCCCCC(Br)C(C)=O. The van der Waals surface area contributed by atoms with Gasteiger partial charge in [0.2, 0.25) is 0 Å². The zero-order valence-electron chi connectivity index (χ0n) is 8.11. The average Bonchev–Trinajstić information content (AvgIpc) is 2.03. The van der Waals surface area contributed by atoms with Gasteiger partial charge in [-0.15, -0.1) is 0 Å². The molecule has 0 aromatic carbocycles. The zero-order chi connectivity index (χ0) is 9.40. The minimum atomic E-state index is 0.0964. The summed E-state index contributed by atoms with van der Waals surface area (Å²) in [4.78, 5) is 10.9. The summed E-state index contributed by atoms with van der Waals surface area (Å²) in [6, 6.07) is 0. The van der Waals surface area contributed by atoms with Crippen molar-refractivity contribution in [1.29, 1.82) is 0 Å². The second kappa shape index (κ2) is 7.78. The van der Waals surface area contributed by atoms with Crippen LogP contribution in [0.15, 0.2) is 0 Å². The fourth-order valence-electron chi connectivity index (χ4n) is 1.13. The number of carbonyl (C=O) groups is 1. The summed E-state index contributed by atoms with van der Waals surface area (Å²) in [5, 5.41) is 0. The Morgan fingerprint density at radius 2 is 1.83 bits per heavy atom. The number of halogens is 1. The van der Waals surface area contributed by atoms with Crippen LogP contribution in [0.5, 0.6) is 0 Å². The van der Waals surface area contributed by atoms with Crippen LogP contribution in [0.1, 0.15) is 52.4 Å². The molecule has 0 saturated carbocycles. The molecule has 0 rings (SSSR count). The molecule has 0 aromatic rings. The normalized spacial score (nSPS) is 12.9. The van der Waals surface area contributed by atoms with E-state index in [4.69, 9.17) is 0 Å². The number of Topliss-reactive ketones (excluding diaryl/α,β-unsaturated/α-hetero) is 1. The number of alkyl halides is 1. The second-order valence-electron chi connectivity index (χ2n) is 3.28. The van der Waals surface area contributed by atoms with Crippen molar-refractivity contribution in [2.24, 2.45) is 0 Å². The fraction of sp³-hybridized carbons (Fsp3) is 0.900. The van der Waals surface area contributed by atoms with Gasteiger partial charge in [-0.05, 0) is 13.3 Å². The number of ketones is 1. The predicted octanol–water partition coefficient (Wildman–Crippen LogP) is 3.70. The molecule has 0 aliphatic carbocycles. The molecule has 0 radical (unpaired) electrons. The molecule has 0 spiro atoms. The van der Waals surface area contributed by atoms with E-state index in [1.54, 1.807) is 6.92 Å². The first-order valence-electron chi connectivity index (χ1n) is 4.83. The Morgan fingerprint density at radius 3 is 2.33 bits per heavy atom. The minimum absolute atomic E-state index is 0.0964. The standard InChI is InChI=1S/C10H19BrO/c1-3-4-5-6-7-8-10(11)9(2)12/h10H,3-8H2,1-2H3. The Bertz CT molecular complexity index is 123. The van der Waals surface area contributed by atoms with Crippen molar-refractivity contribution in [2.75, 3.05) is 0 Å². The lowest BCUT2D eigenvalue weighted by molar-refractivity contribution is -0.116. The van der Waals surface area contributed by atoms with Gasteiger partial charge >= 0.3 is 0 Å².